The normalized spacial score (nSPS) is 17.7. The SMILES string of the molecule is O=C(c1cc(S(=O)(=O)Nc2cnc(C3CC3)nc2)c[nH]1)N1CCCC1. The largest absolute Gasteiger partial charge is 0.356 e. The molecule has 25 heavy (non-hydrogen) atoms. The van der Waals surface area contributed by atoms with Crippen LogP contribution in [0.5, 0.6) is 0 Å². The van der Waals surface area contributed by atoms with Gasteiger partial charge in [-0.15, -0.1) is 0 Å². The molecular weight excluding hydrogens is 342 g/mol. The molecule has 2 fully saturated rings. The zero-order valence-corrected chi connectivity index (χ0v) is 14.4. The zero-order valence-electron chi connectivity index (χ0n) is 13.6. The number of aromatic amines is 1. The molecule has 0 aromatic carbocycles. The average Bonchev–Trinajstić information content (AvgIpc) is 3.11. The predicted octanol–water partition coefficient (Wildman–Crippen LogP) is 1.72. The van der Waals surface area contributed by atoms with Gasteiger partial charge in [0.25, 0.3) is 15.9 Å². The van der Waals surface area contributed by atoms with Crippen LogP contribution in [0, 0.1) is 0 Å². The first-order chi connectivity index (χ1) is 12.0. The first-order valence-electron chi connectivity index (χ1n) is 8.35. The number of nitrogens with one attached hydrogen (secondary N) is 2. The fourth-order valence-electron chi connectivity index (χ4n) is 2.90. The van der Waals surface area contributed by atoms with Crippen molar-refractivity contribution >= 4 is 21.6 Å². The molecule has 1 amide bonds. The maximum atomic E-state index is 12.5. The Hall–Kier alpha value is -2.42. The van der Waals surface area contributed by atoms with Crippen LogP contribution < -0.4 is 4.72 Å². The molecule has 0 radical (unpaired) electrons. The molecule has 1 saturated carbocycles. The summed E-state index contributed by atoms with van der Waals surface area (Å²) in [6.45, 7) is 1.42. The van der Waals surface area contributed by atoms with Crippen LogP contribution >= 0.6 is 0 Å². The third kappa shape index (κ3) is 3.37. The number of H-pyrrole nitrogens is 1. The number of aromatic nitrogens is 3. The van der Waals surface area contributed by atoms with Crippen LogP contribution in [0.4, 0.5) is 5.69 Å². The Balaban J connectivity index is 1.48. The fourth-order valence-corrected chi connectivity index (χ4v) is 3.92. The van der Waals surface area contributed by atoms with E-state index in [-0.39, 0.29) is 16.5 Å². The monoisotopic (exact) mass is 361 g/mol. The van der Waals surface area contributed by atoms with Crippen molar-refractivity contribution in [3.05, 3.63) is 36.2 Å². The van der Waals surface area contributed by atoms with Crippen LogP contribution in [0.3, 0.4) is 0 Å². The number of amides is 1. The summed E-state index contributed by atoms with van der Waals surface area (Å²) in [6, 6.07) is 1.36. The van der Waals surface area contributed by atoms with Crippen molar-refractivity contribution in [2.45, 2.75) is 36.5 Å². The van der Waals surface area contributed by atoms with E-state index >= 15 is 0 Å². The van der Waals surface area contributed by atoms with Gasteiger partial charge in [-0.2, -0.15) is 0 Å². The standard InChI is InChI=1S/C16H19N5O3S/c22-16(21-5-1-2-6-21)14-7-13(10-17-14)25(23,24)20-12-8-18-15(19-9-12)11-3-4-11/h7-11,17,20H,1-6H2. The molecule has 9 heteroatoms. The molecule has 8 nitrogen and oxygen atoms in total. The second-order valence-electron chi connectivity index (χ2n) is 6.46. The molecule has 0 unspecified atom stereocenters. The summed E-state index contributed by atoms with van der Waals surface area (Å²) < 4.78 is 27.4. The van der Waals surface area contributed by atoms with Gasteiger partial charge < -0.3 is 9.88 Å². The maximum Gasteiger partial charge on any atom is 0.270 e. The number of hydrogen-bond acceptors (Lipinski definition) is 5. The molecular formula is C16H19N5O3S. The Bertz CT molecular complexity index is 881. The summed E-state index contributed by atoms with van der Waals surface area (Å²) in [5.41, 5.74) is 0.584. The van der Waals surface area contributed by atoms with Gasteiger partial charge in [0, 0.05) is 25.2 Å². The van der Waals surface area contributed by atoms with Crippen LogP contribution in [0.1, 0.15) is 47.9 Å². The van der Waals surface area contributed by atoms with Gasteiger partial charge in [0.05, 0.1) is 18.1 Å². The van der Waals surface area contributed by atoms with Crippen LogP contribution in [-0.2, 0) is 10.0 Å². The highest BCUT2D eigenvalue weighted by Gasteiger charge is 2.27. The van der Waals surface area contributed by atoms with Gasteiger partial charge in [0.15, 0.2) is 0 Å². The molecule has 132 valence electrons. The Labute approximate surface area is 145 Å². The van der Waals surface area contributed by atoms with Gasteiger partial charge in [0.1, 0.15) is 16.4 Å². The Morgan fingerprint density at radius 1 is 1.20 bits per heavy atom. The first kappa shape index (κ1) is 16.1. The summed E-state index contributed by atoms with van der Waals surface area (Å²) in [6.07, 6.45) is 8.41. The number of carbonyl (C=O) groups is 1. The molecule has 0 bridgehead atoms. The Kier molecular flexibility index (Phi) is 3.95. The van der Waals surface area contributed by atoms with Gasteiger partial charge in [-0.25, -0.2) is 18.4 Å². The lowest BCUT2D eigenvalue weighted by atomic mass is 10.4. The highest BCUT2D eigenvalue weighted by molar-refractivity contribution is 7.92. The molecule has 0 spiro atoms. The highest BCUT2D eigenvalue weighted by Crippen LogP contribution is 2.37. The van der Waals surface area contributed by atoms with Crippen molar-refractivity contribution in [1.29, 1.82) is 0 Å². The summed E-state index contributed by atoms with van der Waals surface area (Å²) in [4.78, 5) is 25.2. The van der Waals surface area contributed by atoms with Crippen molar-refractivity contribution in [2.24, 2.45) is 0 Å². The molecule has 0 atom stereocenters. The van der Waals surface area contributed by atoms with Gasteiger partial charge in [-0.3, -0.25) is 9.52 Å². The smallest absolute Gasteiger partial charge is 0.270 e. The van der Waals surface area contributed by atoms with E-state index in [0.717, 1.165) is 31.5 Å². The van der Waals surface area contributed by atoms with E-state index in [0.29, 0.717) is 24.7 Å². The van der Waals surface area contributed by atoms with E-state index < -0.39 is 10.0 Å². The number of sulfonamides is 1. The van der Waals surface area contributed by atoms with E-state index in [4.69, 9.17) is 0 Å². The van der Waals surface area contributed by atoms with Crippen LogP contribution in [-0.4, -0.2) is 47.3 Å². The lowest BCUT2D eigenvalue weighted by Gasteiger charge is -2.13. The summed E-state index contributed by atoms with van der Waals surface area (Å²) >= 11 is 0. The number of nitrogens with zero attached hydrogens (tertiary/aromatic N) is 3. The van der Waals surface area contributed by atoms with Gasteiger partial charge in [-0.05, 0) is 31.7 Å². The topological polar surface area (TPSA) is 108 Å². The first-order valence-corrected chi connectivity index (χ1v) is 9.84. The summed E-state index contributed by atoms with van der Waals surface area (Å²) in [5, 5.41) is 0. The number of anilines is 1. The van der Waals surface area contributed by atoms with Crippen molar-refractivity contribution in [1.82, 2.24) is 19.9 Å². The average molecular weight is 361 g/mol. The Morgan fingerprint density at radius 2 is 1.88 bits per heavy atom. The van der Waals surface area contributed by atoms with Crippen LogP contribution in [0.2, 0.25) is 0 Å². The van der Waals surface area contributed by atoms with Gasteiger partial charge >= 0.3 is 0 Å². The minimum absolute atomic E-state index is 0.0151. The van der Waals surface area contributed by atoms with Crippen molar-refractivity contribution in [3.63, 3.8) is 0 Å². The fraction of sp³-hybridized carbons (Fsp3) is 0.438. The molecule has 1 saturated heterocycles. The quantitative estimate of drug-likeness (QED) is 0.843. The number of likely N-dealkylation sites (tertiary alicyclic amines) is 1. The number of carbonyl (C=O) groups excluding carboxylic acids is 1. The number of hydrogen-bond donors (Lipinski definition) is 2. The highest BCUT2D eigenvalue weighted by atomic mass is 32.2. The lowest BCUT2D eigenvalue weighted by Crippen LogP contribution is -2.27. The zero-order chi connectivity index (χ0) is 17.4. The molecule has 2 aromatic heterocycles. The van der Waals surface area contributed by atoms with Crippen molar-refractivity contribution < 1.29 is 13.2 Å². The van der Waals surface area contributed by atoms with E-state index in [1.807, 2.05) is 0 Å². The second-order valence-corrected chi connectivity index (χ2v) is 8.14. The molecule has 2 aliphatic rings. The van der Waals surface area contributed by atoms with E-state index in [1.165, 1.54) is 24.7 Å². The van der Waals surface area contributed by atoms with Crippen LogP contribution in [0.15, 0.2) is 29.6 Å². The molecule has 1 aliphatic carbocycles. The molecule has 1 aliphatic heterocycles. The van der Waals surface area contributed by atoms with E-state index in [1.54, 1.807) is 4.90 Å². The van der Waals surface area contributed by atoms with E-state index in [2.05, 4.69) is 19.7 Å². The third-order valence-corrected chi connectivity index (χ3v) is 5.82. The molecule has 2 aromatic rings. The minimum Gasteiger partial charge on any atom is -0.356 e. The summed E-state index contributed by atoms with van der Waals surface area (Å²) in [7, 11) is -3.80. The van der Waals surface area contributed by atoms with Crippen molar-refractivity contribution in [3.8, 4) is 0 Å². The van der Waals surface area contributed by atoms with Gasteiger partial charge in [0.2, 0.25) is 0 Å². The number of rotatable bonds is 5. The predicted molar refractivity (Wildman–Crippen MR) is 90.7 cm³/mol. The maximum absolute atomic E-state index is 12.5. The molecule has 3 heterocycles. The second kappa shape index (κ2) is 6.14. The third-order valence-electron chi connectivity index (χ3n) is 4.46. The van der Waals surface area contributed by atoms with Crippen LogP contribution in [0.25, 0.3) is 0 Å². The summed E-state index contributed by atoms with van der Waals surface area (Å²) in [5.74, 6) is 0.994. The lowest BCUT2D eigenvalue weighted by molar-refractivity contribution is 0.0787. The van der Waals surface area contributed by atoms with E-state index in [9.17, 15) is 13.2 Å². The minimum atomic E-state index is -3.80. The van der Waals surface area contributed by atoms with Crippen molar-refractivity contribution in [2.75, 3.05) is 17.8 Å². The van der Waals surface area contributed by atoms with Gasteiger partial charge in [-0.1, -0.05) is 0 Å². The molecule has 4 rings (SSSR count). The molecule has 2 N–H and O–H groups in total. The Morgan fingerprint density at radius 3 is 2.52 bits per heavy atom.